The maximum atomic E-state index is 13.7. The Kier molecular flexibility index (Phi) is 6.11. The number of hydrogen-bond acceptors (Lipinski definition) is 6. The molecule has 2 aromatic rings. The molecule has 1 aromatic carbocycles. The monoisotopic (exact) mass is 359 g/mol. The van der Waals surface area contributed by atoms with E-state index in [0.29, 0.717) is 5.56 Å². The van der Waals surface area contributed by atoms with Crippen LogP contribution < -0.4 is 10.6 Å². The Morgan fingerprint density at radius 3 is 2.58 bits per heavy atom. The van der Waals surface area contributed by atoms with Gasteiger partial charge in [-0.15, -0.1) is 0 Å². The molecular weight excluding hydrogens is 340 g/mol. The molecule has 0 unspecified atom stereocenters. The van der Waals surface area contributed by atoms with Crippen molar-refractivity contribution in [1.29, 1.82) is 0 Å². The topological polar surface area (TPSA) is 84.5 Å². The van der Waals surface area contributed by atoms with E-state index < -0.39 is 11.6 Å². The van der Waals surface area contributed by atoms with Crippen molar-refractivity contribution in [3.8, 4) is 0 Å². The second-order valence-electron chi connectivity index (χ2n) is 5.71. The van der Waals surface area contributed by atoms with E-state index in [-0.39, 0.29) is 35.4 Å². The molecule has 0 aliphatic heterocycles. The van der Waals surface area contributed by atoms with Crippen molar-refractivity contribution in [1.82, 2.24) is 9.97 Å². The van der Waals surface area contributed by atoms with Crippen LogP contribution in [-0.2, 0) is 11.3 Å². The summed E-state index contributed by atoms with van der Waals surface area (Å²) in [5.74, 6) is -1.21. The van der Waals surface area contributed by atoms with Crippen LogP contribution in [0.3, 0.4) is 0 Å². The van der Waals surface area contributed by atoms with E-state index in [4.69, 9.17) is 5.73 Å². The van der Waals surface area contributed by atoms with Crippen molar-refractivity contribution < 1.29 is 13.6 Å². The van der Waals surface area contributed by atoms with Crippen molar-refractivity contribution in [2.75, 3.05) is 19.0 Å². The van der Waals surface area contributed by atoms with Crippen LogP contribution >= 0.6 is 0 Å². The number of benzene rings is 1. The highest BCUT2D eigenvalue weighted by molar-refractivity contribution is 6.44. The number of carbonyl (C=O) groups excluding carboxylic acids is 1. The molecule has 0 saturated heterocycles. The number of aliphatic imine (C=N–C) groups is 1. The standard InChI is InChI=1S/C18H19F2N5O/c1-11(26)16(22-9-12-6-4-5-7-13(12)19)8-15(21)17-23-10-14(20)18(24-17)25(2)3/h4-8,10H,9,21H2,1-3H3. The Labute approximate surface area is 150 Å². The molecule has 0 bridgehead atoms. The van der Waals surface area contributed by atoms with Gasteiger partial charge >= 0.3 is 0 Å². The van der Waals surface area contributed by atoms with Crippen LogP contribution in [0.15, 0.2) is 41.5 Å². The second-order valence-corrected chi connectivity index (χ2v) is 5.71. The summed E-state index contributed by atoms with van der Waals surface area (Å²) in [6.07, 6.45) is 2.30. The van der Waals surface area contributed by atoms with Crippen molar-refractivity contribution in [3.63, 3.8) is 0 Å². The first-order valence-electron chi connectivity index (χ1n) is 7.75. The second kappa shape index (κ2) is 8.28. The number of Topliss-reactive ketones (excluding diaryl/α,β-unsaturated/α-hetero) is 1. The number of ketones is 1. The number of nitrogens with two attached hydrogens (primary N) is 1. The molecule has 0 fully saturated rings. The number of allylic oxidation sites excluding steroid dienone is 1. The van der Waals surface area contributed by atoms with Gasteiger partial charge in [-0.25, -0.2) is 18.7 Å². The van der Waals surface area contributed by atoms with Gasteiger partial charge in [-0.1, -0.05) is 18.2 Å². The minimum Gasteiger partial charge on any atom is -0.396 e. The Bertz CT molecular complexity index is 878. The van der Waals surface area contributed by atoms with Gasteiger partial charge in [-0.05, 0) is 12.1 Å². The summed E-state index contributed by atoms with van der Waals surface area (Å²) in [5, 5.41) is 0. The first-order chi connectivity index (χ1) is 12.3. The van der Waals surface area contributed by atoms with Gasteiger partial charge < -0.3 is 10.6 Å². The molecule has 0 radical (unpaired) electrons. The molecule has 6 nitrogen and oxygen atoms in total. The number of nitrogens with zero attached hydrogens (tertiary/aromatic N) is 4. The molecule has 8 heteroatoms. The van der Waals surface area contributed by atoms with E-state index in [2.05, 4.69) is 15.0 Å². The molecular formula is C18H19F2N5O. The maximum Gasteiger partial charge on any atom is 0.183 e. The fraction of sp³-hybridized carbons (Fsp3) is 0.222. The highest BCUT2D eigenvalue weighted by Gasteiger charge is 2.12. The minimum absolute atomic E-state index is 0.0153. The lowest BCUT2D eigenvalue weighted by molar-refractivity contribution is -0.111. The molecule has 0 amide bonds. The largest absolute Gasteiger partial charge is 0.396 e. The first kappa shape index (κ1) is 19.2. The summed E-state index contributed by atoms with van der Waals surface area (Å²) < 4.78 is 27.4. The first-order valence-corrected chi connectivity index (χ1v) is 7.75. The third-order valence-electron chi connectivity index (χ3n) is 3.44. The molecule has 2 N–H and O–H groups in total. The molecule has 0 aliphatic rings. The lowest BCUT2D eigenvalue weighted by Crippen LogP contribution is -2.16. The van der Waals surface area contributed by atoms with Gasteiger partial charge in [0.2, 0.25) is 0 Å². The number of hydrogen-bond donors (Lipinski definition) is 1. The van der Waals surface area contributed by atoms with Crippen LogP contribution in [0.25, 0.3) is 5.70 Å². The van der Waals surface area contributed by atoms with Gasteiger partial charge in [0.15, 0.2) is 23.2 Å². The fourth-order valence-electron chi connectivity index (χ4n) is 2.08. The average molecular weight is 359 g/mol. The molecule has 0 atom stereocenters. The van der Waals surface area contributed by atoms with Crippen LogP contribution in [0.5, 0.6) is 0 Å². The third-order valence-corrected chi connectivity index (χ3v) is 3.44. The predicted octanol–water partition coefficient (Wildman–Crippen LogP) is 2.35. The van der Waals surface area contributed by atoms with Gasteiger partial charge in [0.1, 0.15) is 11.5 Å². The zero-order chi connectivity index (χ0) is 19.3. The van der Waals surface area contributed by atoms with E-state index >= 15 is 0 Å². The van der Waals surface area contributed by atoms with Crippen molar-refractivity contribution in [3.05, 3.63) is 59.6 Å². The van der Waals surface area contributed by atoms with Gasteiger partial charge in [-0.2, -0.15) is 0 Å². The number of anilines is 1. The zero-order valence-electron chi connectivity index (χ0n) is 14.7. The van der Waals surface area contributed by atoms with Gasteiger partial charge in [-0.3, -0.25) is 9.79 Å². The summed E-state index contributed by atoms with van der Waals surface area (Å²) in [6, 6.07) is 6.15. The number of carbonyl (C=O) groups is 1. The van der Waals surface area contributed by atoms with E-state index in [1.165, 1.54) is 24.0 Å². The molecule has 0 aliphatic carbocycles. The van der Waals surface area contributed by atoms with Crippen LogP contribution in [0.4, 0.5) is 14.6 Å². The molecule has 2 rings (SSSR count). The lowest BCUT2D eigenvalue weighted by Gasteiger charge is -2.12. The van der Waals surface area contributed by atoms with Crippen molar-refractivity contribution >= 4 is 23.0 Å². The number of halogens is 2. The third kappa shape index (κ3) is 4.69. The fourth-order valence-corrected chi connectivity index (χ4v) is 2.08. The van der Waals surface area contributed by atoms with Crippen molar-refractivity contribution in [2.24, 2.45) is 10.7 Å². The summed E-state index contributed by atoms with van der Waals surface area (Å²) >= 11 is 0. The van der Waals surface area contributed by atoms with Crippen LogP contribution in [-0.4, -0.2) is 35.6 Å². The molecule has 0 spiro atoms. The minimum atomic E-state index is -0.591. The SMILES string of the molecule is CC(=O)C(C=C(N)c1ncc(F)c(N(C)C)n1)=NCc1ccccc1F. The number of rotatable bonds is 6. The molecule has 0 saturated carbocycles. The predicted molar refractivity (Wildman–Crippen MR) is 96.7 cm³/mol. The number of aromatic nitrogens is 2. The van der Waals surface area contributed by atoms with Gasteiger partial charge in [0.25, 0.3) is 0 Å². The quantitative estimate of drug-likeness (QED) is 0.801. The molecule has 136 valence electrons. The lowest BCUT2D eigenvalue weighted by atomic mass is 10.2. The highest BCUT2D eigenvalue weighted by Crippen LogP contribution is 2.15. The summed E-state index contributed by atoms with van der Waals surface area (Å²) in [7, 11) is 3.26. The molecule has 1 heterocycles. The molecule has 26 heavy (non-hydrogen) atoms. The van der Waals surface area contributed by atoms with Crippen molar-refractivity contribution in [2.45, 2.75) is 13.5 Å². The Morgan fingerprint density at radius 2 is 1.96 bits per heavy atom. The maximum absolute atomic E-state index is 13.7. The van der Waals surface area contributed by atoms with Crippen LogP contribution in [0.2, 0.25) is 0 Å². The van der Waals surface area contributed by atoms with E-state index in [1.807, 2.05) is 0 Å². The molecule has 1 aromatic heterocycles. The van der Waals surface area contributed by atoms with E-state index in [1.54, 1.807) is 32.3 Å². The smallest absolute Gasteiger partial charge is 0.183 e. The average Bonchev–Trinajstić information content (AvgIpc) is 2.59. The van der Waals surface area contributed by atoms with Gasteiger partial charge in [0.05, 0.1) is 18.4 Å². The summed E-state index contributed by atoms with van der Waals surface area (Å²) in [4.78, 5) is 25.3. The normalized spacial score (nSPS) is 12.2. The zero-order valence-corrected chi connectivity index (χ0v) is 14.7. The Morgan fingerprint density at radius 1 is 1.27 bits per heavy atom. The Hall–Kier alpha value is -3.16. The highest BCUT2D eigenvalue weighted by atomic mass is 19.1. The summed E-state index contributed by atoms with van der Waals surface area (Å²) in [5.41, 5.74) is 6.39. The van der Waals surface area contributed by atoms with Crippen LogP contribution in [0.1, 0.15) is 18.3 Å². The Balaban J connectivity index is 2.33. The summed E-state index contributed by atoms with van der Waals surface area (Å²) in [6.45, 7) is 1.30. The van der Waals surface area contributed by atoms with Crippen LogP contribution in [0, 0.1) is 11.6 Å². The van der Waals surface area contributed by atoms with E-state index in [0.717, 1.165) is 6.20 Å². The van der Waals surface area contributed by atoms with E-state index in [9.17, 15) is 13.6 Å². The van der Waals surface area contributed by atoms with Gasteiger partial charge in [0, 0.05) is 26.6 Å².